The van der Waals surface area contributed by atoms with Crippen LogP contribution in [-0.2, 0) is 4.74 Å². The number of aliphatic hydroxyl groups excluding tert-OH is 4. The Hall–Kier alpha value is -0.280. The van der Waals surface area contributed by atoms with Crippen LogP contribution in [-0.4, -0.2) is 75.0 Å². The predicted octanol–water partition coefficient (Wildman–Crippen LogP) is -3.37. The maximum atomic E-state index is 9.85. The van der Waals surface area contributed by atoms with Gasteiger partial charge in [-0.25, -0.2) is 0 Å². The molecule has 0 aromatic heterocycles. The quantitative estimate of drug-likeness (QED) is 0.286. The lowest BCUT2D eigenvalue weighted by atomic mass is 9.94. The number of likely N-dealkylation sites (N-methyl/N-ethyl adjacent to an activating group) is 1. The zero-order valence-corrected chi connectivity index (χ0v) is 7.90. The van der Waals surface area contributed by atoms with E-state index in [1.807, 2.05) is 0 Å². The lowest BCUT2D eigenvalue weighted by Gasteiger charge is -2.48. The maximum absolute atomic E-state index is 9.85. The number of rotatable bonds is 1. The Kier molecular flexibility index (Phi) is 3.12. The highest BCUT2D eigenvalue weighted by Gasteiger charge is 2.56. The third-order valence-electron chi connectivity index (χ3n) is 2.41. The number of ether oxygens (including phenoxy) is 1. The topological polar surface area (TPSA) is 114 Å². The first-order valence-electron chi connectivity index (χ1n) is 4.09. The van der Waals surface area contributed by atoms with E-state index < -0.39 is 30.5 Å². The fourth-order valence-corrected chi connectivity index (χ4v) is 1.42. The van der Waals surface area contributed by atoms with Gasteiger partial charge in [-0.15, -0.1) is 0 Å². The predicted molar refractivity (Wildman–Crippen MR) is 43.7 cm³/mol. The van der Waals surface area contributed by atoms with Gasteiger partial charge in [-0.05, 0) is 14.1 Å². The molecule has 7 heteroatoms. The van der Waals surface area contributed by atoms with E-state index in [-0.39, 0.29) is 0 Å². The van der Waals surface area contributed by atoms with Gasteiger partial charge in [0.1, 0.15) is 12.2 Å². The summed E-state index contributed by atoms with van der Waals surface area (Å²) >= 11 is 0. The molecule has 1 heterocycles. The average Bonchev–Trinajstić information content (AvgIpc) is 2.11. The second-order valence-electron chi connectivity index (χ2n) is 3.48. The van der Waals surface area contributed by atoms with E-state index in [9.17, 15) is 15.3 Å². The standard InChI is InChI=1S/C7H15NO6/c1-8(2)7(13)3(9)5(11)14-6(12)4(7)10/h3-6,9-13H,1-2H3/t3-,4+,5+,6?,7?/m0/s1. The lowest BCUT2D eigenvalue weighted by Crippen LogP contribution is -2.72. The zero-order valence-electron chi connectivity index (χ0n) is 7.90. The second kappa shape index (κ2) is 3.70. The highest BCUT2D eigenvalue weighted by atomic mass is 16.7. The van der Waals surface area contributed by atoms with Gasteiger partial charge in [0.05, 0.1) is 0 Å². The van der Waals surface area contributed by atoms with Crippen LogP contribution in [0.2, 0.25) is 0 Å². The maximum Gasteiger partial charge on any atom is 0.188 e. The van der Waals surface area contributed by atoms with E-state index in [4.69, 9.17) is 10.2 Å². The zero-order chi connectivity index (χ0) is 11.1. The van der Waals surface area contributed by atoms with Crippen molar-refractivity contribution >= 4 is 0 Å². The number of hydrogen-bond donors (Lipinski definition) is 5. The average molecular weight is 209 g/mol. The Labute approximate surface area is 80.8 Å². The van der Waals surface area contributed by atoms with E-state index >= 15 is 0 Å². The van der Waals surface area contributed by atoms with Crippen LogP contribution < -0.4 is 0 Å². The SMILES string of the molecule is CN(C)C1(O)[C@H](O)C(O)O[C@@H](O)[C@@H]1O. The van der Waals surface area contributed by atoms with Gasteiger partial charge >= 0.3 is 0 Å². The first kappa shape index (κ1) is 11.8. The normalized spacial score (nSPS) is 49.7. The molecule has 1 rings (SSSR count). The third kappa shape index (κ3) is 1.52. The number of nitrogens with zero attached hydrogens (tertiary/aromatic N) is 1. The molecule has 84 valence electrons. The molecule has 1 saturated heterocycles. The van der Waals surface area contributed by atoms with E-state index in [0.717, 1.165) is 4.90 Å². The molecule has 0 amide bonds. The second-order valence-corrected chi connectivity index (χ2v) is 3.48. The molecule has 7 nitrogen and oxygen atoms in total. The van der Waals surface area contributed by atoms with Gasteiger partial charge in [0.25, 0.3) is 0 Å². The van der Waals surface area contributed by atoms with E-state index in [1.54, 1.807) is 0 Å². The Balaban J connectivity index is 2.98. The molecule has 1 fully saturated rings. The van der Waals surface area contributed by atoms with Gasteiger partial charge in [-0.3, -0.25) is 4.90 Å². The van der Waals surface area contributed by atoms with Gasteiger partial charge in [-0.2, -0.15) is 0 Å². The number of hydrogen-bond acceptors (Lipinski definition) is 7. The monoisotopic (exact) mass is 209 g/mol. The van der Waals surface area contributed by atoms with Crippen molar-refractivity contribution in [2.45, 2.75) is 30.5 Å². The van der Waals surface area contributed by atoms with Crippen molar-refractivity contribution in [2.75, 3.05) is 14.1 Å². The van der Waals surface area contributed by atoms with Crippen molar-refractivity contribution in [3.63, 3.8) is 0 Å². The largest absolute Gasteiger partial charge is 0.383 e. The molecule has 5 atom stereocenters. The highest BCUT2D eigenvalue weighted by molar-refractivity contribution is 4.96. The Morgan fingerprint density at radius 1 is 1.00 bits per heavy atom. The summed E-state index contributed by atoms with van der Waals surface area (Å²) in [5.41, 5.74) is -2.14. The summed E-state index contributed by atoms with van der Waals surface area (Å²) in [5.74, 6) is 0. The molecule has 0 aromatic rings. The van der Waals surface area contributed by atoms with Crippen molar-refractivity contribution in [2.24, 2.45) is 0 Å². The smallest absolute Gasteiger partial charge is 0.188 e. The molecule has 0 bridgehead atoms. The summed E-state index contributed by atoms with van der Waals surface area (Å²) in [6, 6.07) is 0. The fourth-order valence-electron chi connectivity index (χ4n) is 1.42. The molecule has 1 aliphatic heterocycles. The van der Waals surface area contributed by atoms with E-state index in [2.05, 4.69) is 4.74 Å². The van der Waals surface area contributed by atoms with Gasteiger partial charge in [0, 0.05) is 0 Å². The van der Waals surface area contributed by atoms with Crippen molar-refractivity contribution in [1.82, 2.24) is 4.90 Å². The molecule has 0 aromatic carbocycles. The fraction of sp³-hybridized carbons (Fsp3) is 1.00. The lowest BCUT2D eigenvalue weighted by molar-refractivity contribution is -0.383. The third-order valence-corrected chi connectivity index (χ3v) is 2.41. The summed E-state index contributed by atoms with van der Waals surface area (Å²) in [6.07, 6.45) is -6.95. The van der Waals surface area contributed by atoms with Crippen LogP contribution in [0.5, 0.6) is 0 Å². The van der Waals surface area contributed by atoms with Crippen molar-refractivity contribution in [1.29, 1.82) is 0 Å². The van der Waals surface area contributed by atoms with Crippen molar-refractivity contribution in [3.8, 4) is 0 Å². The minimum Gasteiger partial charge on any atom is -0.383 e. The van der Waals surface area contributed by atoms with E-state index in [0.29, 0.717) is 0 Å². The highest BCUT2D eigenvalue weighted by Crippen LogP contribution is 2.29. The van der Waals surface area contributed by atoms with E-state index in [1.165, 1.54) is 14.1 Å². The molecule has 0 saturated carbocycles. The molecule has 0 spiro atoms. The van der Waals surface area contributed by atoms with Gasteiger partial charge in [0.15, 0.2) is 18.3 Å². The van der Waals surface area contributed by atoms with Crippen LogP contribution in [0.4, 0.5) is 0 Å². The molecular formula is C7H15NO6. The van der Waals surface area contributed by atoms with Crippen LogP contribution in [0.15, 0.2) is 0 Å². The van der Waals surface area contributed by atoms with Crippen LogP contribution in [0.25, 0.3) is 0 Å². The van der Waals surface area contributed by atoms with Gasteiger partial charge in [0.2, 0.25) is 0 Å². The van der Waals surface area contributed by atoms with Crippen LogP contribution in [0.1, 0.15) is 0 Å². The summed E-state index contributed by atoms with van der Waals surface area (Å²) in [5, 5.41) is 46.9. The van der Waals surface area contributed by atoms with Gasteiger partial charge < -0.3 is 30.3 Å². The molecule has 14 heavy (non-hydrogen) atoms. The Bertz CT molecular complexity index is 196. The molecule has 1 aliphatic rings. The molecular weight excluding hydrogens is 194 g/mol. The molecule has 2 unspecified atom stereocenters. The van der Waals surface area contributed by atoms with Crippen molar-refractivity contribution < 1.29 is 30.3 Å². The first-order valence-corrected chi connectivity index (χ1v) is 4.09. The molecule has 0 radical (unpaired) electrons. The van der Waals surface area contributed by atoms with Crippen LogP contribution >= 0.6 is 0 Å². The summed E-state index contributed by atoms with van der Waals surface area (Å²) in [6.45, 7) is 0. The molecule has 5 N–H and O–H groups in total. The number of aliphatic hydroxyl groups is 5. The summed E-state index contributed by atoms with van der Waals surface area (Å²) in [7, 11) is 2.77. The van der Waals surface area contributed by atoms with Crippen molar-refractivity contribution in [3.05, 3.63) is 0 Å². The summed E-state index contributed by atoms with van der Waals surface area (Å²) in [4.78, 5) is 1.09. The van der Waals surface area contributed by atoms with Crippen LogP contribution in [0.3, 0.4) is 0 Å². The first-order chi connectivity index (χ1) is 6.31. The summed E-state index contributed by atoms with van der Waals surface area (Å²) < 4.78 is 4.38. The Morgan fingerprint density at radius 2 is 1.36 bits per heavy atom. The van der Waals surface area contributed by atoms with Gasteiger partial charge in [-0.1, -0.05) is 0 Å². The Morgan fingerprint density at radius 3 is 1.64 bits per heavy atom. The minimum absolute atomic E-state index is 1.09. The van der Waals surface area contributed by atoms with Crippen LogP contribution in [0, 0.1) is 0 Å². The minimum atomic E-state index is -2.14. The molecule has 0 aliphatic carbocycles.